The molecule has 3 aromatic rings. The summed E-state index contributed by atoms with van der Waals surface area (Å²) >= 11 is 5.99. The van der Waals surface area contributed by atoms with E-state index >= 15 is 0 Å². The first-order valence-corrected chi connectivity index (χ1v) is 9.47. The third-order valence-electron chi connectivity index (χ3n) is 5.34. The van der Waals surface area contributed by atoms with Crippen LogP contribution >= 0.6 is 11.6 Å². The van der Waals surface area contributed by atoms with Gasteiger partial charge in [-0.2, -0.15) is 5.10 Å². The van der Waals surface area contributed by atoms with E-state index in [1.165, 1.54) is 5.01 Å². The first kappa shape index (κ1) is 17.0. The molecule has 1 saturated heterocycles. The first-order valence-electron chi connectivity index (χ1n) is 9.09. The number of rotatable bonds is 2. The molecular formula is C21H17ClN4O2. The monoisotopic (exact) mass is 392 g/mol. The van der Waals surface area contributed by atoms with Crippen molar-refractivity contribution in [2.75, 3.05) is 6.54 Å². The highest BCUT2D eigenvalue weighted by atomic mass is 35.5. The van der Waals surface area contributed by atoms with Gasteiger partial charge in [0.1, 0.15) is 12.6 Å². The van der Waals surface area contributed by atoms with Crippen LogP contribution in [0.2, 0.25) is 5.02 Å². The molecule has 3 heterocycles. The predicted octanol–water partition coefficient (Wildman–Crippen LogP) is 2.95. The van der Waals surface area contributed by atoms with Gasteiger partial charge in [-0.15, -0.1) is 0 Å². The summed E-state index contributed by atoms with van der Waals surface area (Å²) in [5, 5.41) is 7.24. The van der Waals surface area contributed by atoms with E-state index in [1.54, 1.807) is 23.2 Å². The highest BCUT2D eigenvalue weighted by Gasteiger charge is 2.43. The first-order chi connectivity index (χ1) is 13.6. The third kappa shape index (κ3) is 2.77. The average molecular weight is 393 g/mol. The number of fused-ring (bicyclic) bond motifs is 4. The van der Waals surface area contributed by atoms with E-state index in [2.05, 4.69) is 10.1 Å². The number of hydrogen-bond donors (Lipinski definition) is 1. The van der Waals surface area contributed by atoms with E-state index in [4.69, 9.17) is 11.6 Å². The lowest BCUT2D eigenvalue weighted by Crippen LogP contribution is -2.60. The van der Waals surface area contributed by atoms with Gasteiger partial charge in [-0.1, -0.05) is 41.9 Å². The lowest BCUT2D eigenvalue weighted by atomic mass is 9.94. The molecule has 2 aliphatic heterocycles. The van der Waals surface area contributed by atoms with Crippen molar-refractivity contribution in [1.82, 2.24) is 14.9 Å². The van der Waals surface area contributed by atoms with Gasteiger partial charge in [-0.05, 0) is 29.3 Å². The second kappa shape index (κ2) is 6.49. The van der Waals surface area contributed by atoms with E-state index in [1.807, 2.05) is 36.4 Å². The fourth-order valence-electron chi connectivity index (χ4n) is 3.98. The van der Waals surface area contributed by atoms with Crippen LogP contribution in [0.1, 0.15) is 16.8 Å². The van der Waals surface area contributed by atoms with E-state index in [0.717, 1.165) is 27.7 Å². The van der Waals surface area contributed by atoms with Crippen molar-refractivity contribution in [3.8, 4) is 0 Å². The molecular weight excluding hydrogens is 376 g/mol. The van der Waals surface area contributed by atoms with Crippen LogP contribution < -0.4 is 0 Å². The molecule has 5 rings (SSSR count). The minimum Gasteiger partial charge on any atom is -0.357 e. The molecule has 28 heavy (non-hydrogen) atoms. The van der Waals surface area contributed by atoms with Crippen LogP contribution in [-0.2, 0) is 22.6 Å². The number of nitrogens with zero attached hydrogens (tertiary/aromatic N) is 3. The van der Waals surface area contributed by atoms with Crippen molar-refractivity contribution >= 4 is 40.5 Å². The van der Waals surface area contributed by atoms with Gasteiger partial charge in [-0.25, -0.2) is 5.01 Å². The number of aromatic amines is 1. The lowest BCUT2D eigenvalue weighted by Gasteiger charge is -2.40. The molecule has 1 aromatic heterocycles. The molecule has 7 heteroatoms. The normalized spacial score (nSPS) is 19.4. The maximum absolute atomic E-state index is 13.0. The van der Waals surface area contributed by atoms with Gasteiger partial charge < -0.3 is 9.88 Å². The molecule has 2 aliphatic rings. The summed E-state index contributed by atoms with van der Waals surface area (Å²) in [4.78, 5) is 30.8. The summed E-state index contributed by atoms with van der Waals surface area (Å²) in [7, 11) is 0. The molecule has 1 N–H and O–H groups in total. The number of benzene rings is 2. The fraction of sp³-hybridized carbons (Fsp3) is 0.190. The molecule has 1 fully saturated rings. The van der Waals surface area contributed by atoms with Crippen LogP contribution in [0.25, 0.3) is 10.9 Å². The molecule has 0 bridgehead atoms. The largest absolute Gasteiger partial charge is 0.357 e. The van der Waals surface area contributed by atoms with Crippen molar-refractivity contribution in [2.24, 2.45) is 5.10 Å². The highest BCUT2D eigenvalue weighted by Crippen LogP contribution is 2.32. The summed E-state index contributed by atoms with van der Waals surface area (Å²) in [6, 6.07) is 14.7. The second-order valence-corrected chi connectivity index (χ2v) is 7.50. The Morgan fingerprint density at radius 1 is 1.11 bits per heavy atom. The number of aromatic nitrogens is 1. The number of H-pyrrole nitrogens is 1. The van der Waals surface area contributed by atoms with E-state index < -0.39 is 6.04 Å². The Kier molecular flexibility index (Phi) is 3.94. The Morgan fingerprint density at radius 2 is 1.96 bits per heavy atom. The van der Waals surface area contributed by atoms with Crippen molar-refractivity contribution in [2.45, 2.75) is 19.0 Å². The smallest absolute Gasteiger partial charge is 0.266 e. The Hall–Kier alpha value is -3.12. The highest BCUT2D eigenvalue weighted by molar-refractivity contribution is 6.30. The molecule has 0 spiro atoms. The fourth-order valence-corrected chi connectivity index (χ4v) is 4.18. The zero-order valence-electron chi connectivity index (χ0n) is 14.9. The molecule has 140 valence electrons. The van der Waals surface area contributed by atoms with E-state index in [0.29, 0.717) is 18.0 Å². The Labute approximate surface area is 166 Å². The number of halogens is 1. The number of nitrogens with one attached hydrogen (secondary N) is 1. The van der Waals surface area contributed by atoms with Crippen molar-refractivity contribution < 1.29 is 9.59 Å². The number of hydrazone groups is 1. The molecule has 6 nitrogen and oxygen atoms in total. The number of carbonyl (C=O) groups excluding carboxylic acids is 2. The van der Waals surface area contributed by atoms with Gasteiger partial charge in [0.25, 0.3) is 5.91 Å². The van der Waals surface area contributed by atoms with Crippen LogP contribution in [0.5, 0.6) is 0 Å². The Bertz CT molecular complexity index is 1140. The van der Waals surface area contributed by atoms with Crippen molar-refractivity contribution in [3.63, 3.8) is 0 Å². The lowest BCUT2D eigenvalue weighted by molar-refractivity contribution is -0.157. The number of carbonyl (C=O) groups is 2. The molecule has 0 radical (unpaired) electrons. The minimum atomic E-state index is -0.524. The standard InChI is InChI=1S/C21H17ClN4O2/c22-14-5-3-4-13(8-14)10-23-26-12-20(27)25-11-18-16(9-19(25)21(26)28)15-6-1-2-7-17(15)24-18/h1-8,10,19,24H,9,11-12H2/b23-10+/t19-/m0/s1. The Morgan fingerprint density at radius 3 is 2.82 bits per heavy atom. The number of hydrogen-bond acceptors (Lipinski definition) is 3. The van der Waals surface area contributed by atoms with Gasteiger partial charge in [0.05, 0.1) is 12.8 Å². The summed E-state index contributed by atoms with van der Waals surface area (Å²) in [6.45, 7) is 0.368. The SMILES string of the molecule is O=C1[C@@H]2Cc3c([nH]c4ccccc34)CN2C(=O)CN1/N=C/c1cccc(Cl)c1. The van der Waals surface area contributed by atoms with Crippen LogP contribution in [0.4, 0.5) is 0 Å². The third-order valence-corrected chi connectivity index (χ3v) is 5.58. The second-order valence-electron chi connectivity index (χ2n) is 7.06. The molecule has 1 atom stereocenters. The zero-order valence-corrected chi connectivity index (χ0v) is 15.7. The van der Waals surface area contributed by atoms with Crippen molar-refractivity contribution in [1.29, 1.82) is 0 Å². The van der Waals surface area contributed by atoms with Gasteiger partial charge in [0.2, 0.25) is 5.91 Å². The van der Waals surface area contributed by atoms with Gasteiger partial charge in [-0.3, -0.25) is 9.59 Å². The zero-order chi connectivity index (χ0) is 19.3. The Balaban J connectivity index is 1.45. The van der Waals surface area contributed by atoms with Gasteiger partial charge in [0.15, 0.2) is 0 Å². The van der Waals surface area contributed by atoms with Crippen LogP contribution in [0.15, 0.2) is 53.6 Å². The number of amides is 2. The topological polar surface area (TPSA) is 68.8 Å². The molecule has 0 aliphatic carbocycles. The van der Waals surface area contributed by atoms with Crippen LogP contribution in [-0.4, -0.2) is 45.5 Å². The summed E-state index contributed by atoms with van der Waals surface area (Å²) < 4.78 is 0. The quantitative estimate of drug-likeness (QED) is 0.681. The van der Waals surface area contributed by atoms with Gasteiger partial charge in [0, 0.05) is 28.0 Å². The van der Waals surface area contributed by atoms with Crippen molar-refractivity contribution in [3.05, 3.63) is 70.4 Å². The molecule has 2 amide bonds. The average Bonchev–Trinajstić information content (AvgIpc) is 3.06. The minimum absolute atomic E-state index is 0.0536. The van der Waals surface area contributed by atoms with E-state index in [-0.39, 0.29) is 18.4 Å². The maximum atomic E-state index is 13.0. The summed E-state index contributed by atoms with van der Waals surface area (Å²) in [6.07, 6.45) is 2.06. The van der Waals surface area contributed by atoms with Crippen LogP contribution in [0.3, 0.4) is 0 Å². The maximum Gasteiger partial charge on any atom is 0.266 e. The molecule has 0 unspecified atom stereocenters. The van der Waals surface area contributed by atoms with E-state index in [9.17, 15) is 9.59 Å². The van der Waals surface area contributed by atoms with Gasteiger partial charge >= 0.3 is 0 Å². The number of piperazine rings is 1. The number of para-hydroxylation sites is 1. The van der Waals surface area contributed by atoms with Crippen LogP contribution in [0, 0.1) is 0 Å². The molecule has 0 saturated carbocycles. The molecule has 2 aromatic carbocycles. The predicted molar refractivity (Wildman–Crippen MR) is 107 cm³/mol. The summed E-state index contributed by atoms with van der Waals surface area (Å²) in [5.41, 5.74) is 3.92. The summed E-state index contributed by atoms with van der Waals surface area (Å²) in [5.74, 6) is -0.258.